The Morgan fingerprint density at radius 1 is 0.333 bits per heavy atom. The second kappa shape index (κ2) is 10.2. The van der Waals surface area contributed by atoms with Crippen LogP contribution in [0.3, 0.4) is 0 Å². The maximum Gasteiger partial charge on any atom is 0.127 e. The van der Waals surface area contributed by atoms with Crippen molar-refractivity contribution in [1.82, 2.24) is 9.97 Å². The molecule has 0 bridgehead atoms. The molecule has 6 heteroatoms. The van der Waals surface area contributed by atoms with Crippen LogP contribution in [-0.2, 0) is 0 Å². The van der Waals surface area contributed by atoms with Gasteiger partial charge in [0, 0.05) is 65.2 Å². The molecule has 2 heterocycles. The van der Waals surface area contributed by atoms with Gasteiger partial charge >= 0.3 is 0 Å². The van der Waals surface area contributed by atoms with Gasteiger partial charge in [-0.1, -0.05) is 36.4 Å². The first-order valence-corrected chi connectivity index (χ1v) is 13.7. The highest BCUT2D eigenvalue weighted by Crippen LogP contribution is 2.39. The van der Waals surface area contributed by atoms with Crippen LogP contribution >= 0.6 is 0 Å². The fourth-order valence-corrected chi connectivity index (χ4v) is 5.99. The molecule has 0 spiro atoms. The van der Waals surface area contributed by atoms with Crippen LogP contribution in [0.4, 0.5) is 0 Å². The number of aromatic nitrogens is 2. The molecule has 0 fully saturated rings. The number of aromatic amines is 2. The lowest BCUT2D eigenvalue weighted by Crippen LogP contribution is -1.89. The van der Waals surface area contributed by atoms with Crippen molar-refractivity contribution >= 4 is 65.2 Å². The van der Waals surface area contributed by atoms with E-state index in [4.69, 9.17) is 18.9 Å². The van der Waals surface area contributed by atoms with E-state index in [0.717, 1.165) is 66.6 Å². The minimum Gasteiger partial charge on any atom is -0.496 e. The first kappa shape index (κ1) is 25.6. The summed E-state index contributed by atoms with van der Waals surface area (Å²) in [5, 5.41) is 9.07. The summed E-state index contributed by atoms with van der Waals surface area (Å²) >= 11 is 0. The van der Waals surface area contributed by atoms with Gasteiger partial charge in [0.25, 0.3) is 0 Å². The number of ether oxygens (including phenoxy) is 4. The van der Waals surface area contributed by atoms with Crippen LogP contribution in [0, 0.1) is 0 Å². The van der Waals surface area contributed by atoms with E-state index >= 15 is 0 Å². The van der Waals surface area contributed by atoms with E-state index in [1.54, 1.807) is 28.4 Å². The molecule has 0 aliphatic carbocycles. The van der Waals surface area contributed by atoms with Crippen molar-refractivity contribution in [1.29, 1.82) is 0 Å². The molecule has 6 aromatic carbocycles. The van der Waals surface area contributed by atoms with Gasteiger partial charge in [-0.2, -0.15) is 0 Å². The zero-order valence-corrected chi connectivity index (χ0v) is 23.9. The minimum absolute atomic E-state index is 0.853. The van der Waals surface area contributed by atoms with Crippen molar-refractivity contribution in [2.45, 2.75) is 0 Å². The first-order valence-electron chi connectivity index (χ1n) is 13.7. The van der Waals surface area contributed by atoms with E-state index < -0.39 is 0 Å². The molecular weight excluding hydrogens is 524 g/mol. The lowest BCUT2D eigenvalue weighted by molar-refractivity contribution is 0.410. The third kappa shape index (κ3) is 4.03. The number of hydrogen-bond donors (Lipinski definition) is 2. The van der Waals surface area contributed by atoms with E-state index in [9.17, 15) is 0 Å². The zero-order valence-electron chi connectivity index (χ0n) is 23.9. The van der Waals surface area contributed by atoms with E-state index in [1.165, 1.54) is 21.5 Å². The smallest absolute Gasteiger partial charge is 0.127 e. The maximum atomic E-state index is 5.50. The average molecular weight is 555 g/mol. The van der Waals surface area contributed by atoms with Crippen molar-refractivity contribution in [2.75, 3.05) is 28.4 Å². The molecule has 2 N–H and O–H groups in total. The highest BCUT2D eigenvalue weighted by molar-refractivity contribution is 6.15. The molecule has 2 aromatic heterocycles. The van der Waals surface area contributed by atoms with E-state index in [0.29, 0.717) is 0 Å². The van der Waals surface area contributed by atoms with Crippen LogP contribution < -0.4 is 18.9 Å². The number of hydrogen-bond acceptors (Lipinski definition) is 4. The van der Waals surface area contributed by atoms with E-state index in [1.807, 2.05) is 36.4 Å². The number of fused-ring (bicyclic) bond motifs is 8. The van der Waals surface area contributed by atoms with Crippen molar-refractivity contribution < 1.29 is 18.9 Å². The normalized spacial score (nSPS) is 11.3. The average Bonchev–Trinajstić information content (AvgIpc) is 3.59. The van der Waals surface area contributed by atoms with Gasteiger partial charge in [-0.3, -0.25) is 0 Å². The Labute approximate surface area is 242 Å². The lowest BCUT2D eigenvalue weighted by Gasteiger charge is -2.10. The molecule has 0 aliphatic heterocycles. The Hall–Kier alpha value is -5.36. The number of rotatable bonds is 4. The molecule has 0 saturated carbocycles. The molecule has 0 atom stereocenters. The molecule has 8 aromatic rings. The Kier molecular flexibility index (Phi) is 6.24. The van der Waals surface area contributed by atoms with Crippen molar-refractivity contribution in [2.24, 2.45) is 0 Å². The van der Waals surface area contributed by atoms with Gasteiger partial charge in [0.2, 0.25) is 0 Å². The first-order chi connectivity index (χ1) is 20.6. The number of nitrogens with one attached hydrogen (secondary N) is 2. The van der Waals surface area contributed by atoms with Crippen LogP contribution in [0.15, 0.2) is 97.1 Å². The summed E-state index contributed by atoms with van der Waals surface area (Å²) in [6.45, 7) is 0. The number of benzene rings is 6. The predicted molar refractivity (Wildman–Crippen MR) is 173 cm³/mol. The second-order valence-electron chi connectivity index (χ2n) is 10.2. The molecule has 0 aliphatic rings. The highest BCUT2D eigenvalue weighted by atomic mass is 16.5. The molecule has 0 saturated heterocycles. The summed E-state index contributed by atoms with van der Waals surface area (Å²) in [4.78, 5) is 6.93. The van der Waals surface area contributed by atoms with Gasteiger partial charge in [-0.15, -0.1) is 0 Å². The third-order valence-corrected chi connectivity index (χ3v) is 8.00. The number of para-hydroxylation sites is 2. The van der Waals surface area contributed by atoms with Crippen molar-refractivity contribution in [3.8, 4) is 23.0 Å². The third-order valence-electron chi connectivity index (χ3n) is 8.00. The second-order valence-corrected chi connectivity index (χ2v) is 10.2. The molecule has 42 heavy (non-hydrogen) atoms. The summed E-state index contributed by atoms with van der Waals surface area (Å²) < 4.78 is 22.0. The van der Waals surface area contributed by atoms with Crippen LogP contribution in [0.5, 0.6) is 23.0 Å². The summed E-state index contributed by atoms with van der Waals surface area (Å²) in [7, 11) is 6.77. The van der Waals surface area contributed by atoms with Gasteiger partial charge in [-0.05, 0) is 60.7 Å². The molecule has 6 nitrogen and oxygen atoms in total. The molecule has 208 valence electrons. The van der Waals surface area contributed by atoms with E-state index in [2.05, 4.69) is 70.6 Å². The molecule has 8 rings (SSSR count). The van der Waals surface area contributed by atoms with E-state index in [-0.39, 0.29) is 0 Å². The monoisotopic (exact) mass is 554 g/mol. The Morgan fingerprint density at radius 2 is 0.667 bits per heavy atom. The summed E-state index contributed by atoms with van der Waals surface area (Å²) in [5.74, 6) is 3.42. The topological polar surface area (TPSA) is 68.5 Å². The lowest BCUT2D eigenvalue weighted by atomic mass is 10.0. The van der Waals surface area contributed by atoms with Gasteiger partial charge in [0.05, 0.1) is 28.4 Å². The predicted octanol–water partition coefficient (Wildman–Crippen LogP) is 8.98. The SMILES string of the molecule is COc1ccc(OC)c2cc3c(cc12)[nH]c1ccccc13.COc1ccc(OC)c2cc3c(cc12)[nH]c1ccccc13. The maximum absolute atomic E-state index is 5.50. The summed E-state index contributed by atoms with van der Waals surface area (Å²) in [5.41, 5.74) is 4.49. The van der Waals surface area contributed by atoms with Crippen LogP contribution in [0.1, 0.15) is 0 Å². The Morgan fingerprint density at radius 3 is 1.02 bits per heavy atom. The standard InChI is InChI=1S/2C18H15NO2/c2*1-20-17-7-8-18(21-2)14-10-16-12(9-13(14)17)11-5-3-4-6-15(11)19-16/h2*3-10,19H,1-2H3. The summed E-state index contributed by atoms with van der Waals surface area (Å²) in [6.07, 6.45) is 0. The number of methoxy groups -OCH3 is 4. The highest BCUT2D eigenvalue weighted by Gasteiger charge is 2.13. The van der Waals surface area contributed by atoms with Crippen LogP contribution in [0.2, 0.25) is 0 Å². The zero-order chi connectivity index (χ0) is 28.8. The quantitative estimate of drug-likeness (QED) is 0.228. The molecule has 0 radical (unpaired) electrons. The molecular formula is C36H30N2O4. The minimum atomic E-state index is 0.853. The largest absolute Gasteiger partial charge is 0.496 e. The van der Waals surface area contributed by atoms with Crippen LogP contribution in [-0.4, -0.2) is 38.4 Å². The number of H-pyrrole nitrogens is 2. The van der Waals surface area contributed by atoms with Gasteiger partial charge in [0.15, 0.2) is 0 Å². The Bertz CT molecular complexity index is 2100. The van der Waals surface area contributed by atoms with Gasteiger partial charge < -0.3 is 28.9 Å². The molecule has 0 unspecified atom stereocenters. The van der Waals surface area contributed by atoms with Gasteiger partial charge in [0.1, 0.15) is 23.0 Å². The van der Waals surface area contributed by atoms with Gasteiger partial charge in [-0.25, -0.2) is 0 Å². The Balaban J connectivity index is 0.000000137. The fraction of sp³-hybridized carbons (Fsp3) is 0.111. The molecule has 0 amide bonds. The summed E-state index contributed by atoms with van der Waals surface area (Å²) in [6, 6.07) is 33.0. The van der Waals surface area contributed by atoms with Crippen LogP contribution in [0.25, 0.3) is 65.2 Å². The van der Waals surface area contributed by atoms with Crippen molar-refractivity contribution in [3.63, 3.8) is 0 Å². The fourth-order valence-electron chi connectivity index (χ4n) is 5.99. The van der Waals surface area contributed by atoms with Crippen molar-refractivity contribution in [3.05, 3.63) is 97.1 Å².